The highest BCUT2D eigenvalue weighted by Gasteiger charge is 2.14. The van der Waals surface area contributed by atoms with Crippen molar-refractivity contribution in [1.82, 2.24) is 5.32 Å². The van der Waals surface area contributed by atoms with Crippen LogP contribution in [0.4, 0.5) is 5.69 Å². The minimum atomic E-state index is 0.0470. The van der Waals surface area contributed by atoms with Crippen LogP contribution in [0, 0.1) is 0 Å². The van der Waals surface area contributed by atoms with E-state index in [1.165, 1.54) is 0 Å². The molecule has 0 heterocycles. The molecule has 0 bridgehead atoms. The van der Waals surface area contributed by atoms with Gasteiger partial charge in [-0.1, -0.05) is 24.6 Å². The van der Waals surface area contributed by atoms with Gasteiger partial charge in [0.1, 0.15) is 0 Å². The Labute approximate surface area is 167 Å². The number of thiocarbonyl (C=S) groups is 1. The molecule has 0 spiro atoms. The summed E-state index contributed by atoms with van der Waals surface area (Å²) in [4.78, 5) is 0. The van der Waals surface area contributed by atoms with Gasteiger partial charge < -0.3 is 20.1 Å². The van der Waals surface area contributed by atoms with Crippen molar-refractivity contribution in [1.29, 1.82) is 0 Å². The summed E-state index contributed by atoms with van der Waals surface area (Å²) in [5.41, 5.74) is 1.89. The zero-order valence-electron chi connectivity index (χ0n) is 14.2. The van der Waals surface area contributed by atoms with Crippen LogP contribution in [0.3, 0.4) is 0 Å². The lowest BCUT2D eigenvalue weighted by Crippen LogP contribution is -2.32. The highest BCUT2D eigenvalue weighted by molar-refractivity contribution is 9.10. The molecule has 0 fully saturated rings. The normalized spacial score (nSPS) is 11.6. The number of rotatable bonds is 6. The fourth-order valence-electron chi connectivity index (χ4n) is 2.39. The third kappa shape index (κ3) is 5.23. The lowest BCUT2D eigenvalue weighted by atomic mass is 10.0. The second-order valence-corrected chi connectivity index (χ2v) is 6.97. The topological polar surface area (TPSA) is 42.5 Å². The molecule has 134 valence electrons. The van der Waals surface area contributed by atoms with Crippen molar-refractivity contribution in [3.05, 3.63) is 51.5 Å². The minimum Gasteiger partial charge on any atom is -0.493 e. The Morgan fingerprint density at radius 1 is 1.16 bits per heavy atom. The Morgan fingerprint density at radius 3 is 2.48 bits per heavy atom. The van der Waals surface area contributed by atoms with Gasteiger partial charge >= 0.3 is 0 Å². The maximum atomic E-state index is 6.11. The zero-order chi connectivity index (χ0) is 18.4. The largest absolute Gasteiger partial charge is 0.493 e. The van der Waals surface area contributed by atoms with Crippen molar-refractivity contribution < 1.29 is 9.47 Å². The monoisotopic (exact) mass is 442 g/mol. The number of hydrogen-bond acceptors (Lipinski definition) is 3. The molecule has 25 heavy (non-hydrogen) atoms. The highest BCUT2D eigenvalue weighted by Crippen LogP contribution is 2.31. The molecule has 4 nitrogen and oxygen atoms in total. The number of hydrogen-bond donors (Lipinski definition) is 2. The summed E-state index contributed by atoms with van der Waals surface area (Å²) in [6.45, 7) is 2.09. The highest BCUT2D eigenvalue weighted by atomic mass is 79.9. The standard InChI is InChI=1S/C18H20BrClN2O2S/c1-4-15(11-5-8-16(23-2)17(9-11)24-3)22-18(25)21-12-6-7-13(19)14(20)10-12/h5-10,15H,4H2,1-3H3,(H2,21,22,25)/t15-/m1/s1. The fourth-order valence-corrected chi connectivity index (χ4v) is 3.08. The van der Waals surface area contributed by atoms with Gasteiger partial charge in [0.15, 0.2) is 16.6 Å². The molecule has 0 saturated heterocycles. The first kappa shape index (κ1) is 19.8. The number of benzene rings is 2. The summed E-state index contributed by atoms with van der Waals surface area (Å²) in [6, 6.07) is 11.5. The van der Waals surface area contributed by atoms with Crippen LogP contribution in [0.5, 0.6) is 11.5 Å². The van der Waals surface area contributed by atoms with Gasteiger partial charge in [-0.3, -0.25) is 0 Å². The Balaban J connectivity index is 2.10. The van der Waals surface area contributed by atoms with Crippen LogP contribution < -0.4 is 20.1 Å². The third-order valence-corrected chi connectivity index (χ3v) is 5.15. The lowest BCUT2D eigenvalue weighted by Gasteiger charge is -2.21. The molecule has 2 aromatic rings. The number of methoxy groups -OCH3 is 2. The molecule has 2 aromatic carbocycles. The van der Waals surface area contributed by atoms with Gasteiger partial charge in [0.05, 0.1) is 25.3 Å². The van der Waals surface area contributed by atoms with Crippen LogP contribution in [-0.4, -0.2) is 19.3 Å². The Morgan fingerprint density at radius 2 is 1.88 bits per heavy atom. The SMILES string of the molecule is CC[C@@H](NC(=S)Nc1ccc(Br)c(Cl)c1)c1ccc(OC)c(OC)c1. The van der Waals surface area contributed by atoms with E-state index in [0.717, 1.165) is 22.1 Å². The van der Waals surface area contributed by atoms with Gasteiger partial charge in [0, 0.05) is 10.2 Å². The van der Waals surface area contributed by atoms with Gasteiger partial charge in [-0.2, -0.15) is 0 Å². The van der Waals surface area contributed by atoms with E-state index in [9.17, 15) is 0 Å². The van der Waals surface area contributed by atoms with Gasteiger partial charge in [0.2, 0.25) is 0 Å². The summed E-state index contributed by atoms with van der Waals surface area (Å²) >= 11 is 14.9. The molecule has 0 aliphatic rings. The molecule has 0 amide bonds. The molecule has 0 saturated carbocycles. The number of halogens is 2. The summed E-state index contributed by atoms with van der Waals surface area (Å²) < 4.78 is 11.5. The predicted molar refractivity (Wildman–Crippen MR) is 111 cm³/mol. The molecule has 7 heteroatoms. The van der Waals surface area contributed by atoms with E-state index in [1.807, 2.05) is 36.4 Å². The van der Waals surface area contributed by atoms with E-state index in [-0.39, 0.29) is 6.04 Å². The first-order valence-corrected chi connectivity index (χ1v) is 9.30. The van der Waals surface area contributed by atoms with E-state index >= 15 is 0 Å². The molecule has 0 unspecified atom stereocenters. The molecule has 0 aliphatic heterocycles. The summed E-state index contributed by atoms with van der Waals surface area (Å²) in [6.07, 6.45) is 0.860. The predicted octanol–water partition coefficient (Wildman–Crippen LogP) is 5.56. The van der Waals surface area contributed by atoms with Crippen LogP contribution >= 0.6 is 39.7 Å². The molecule has 2 rings (SSSR count). The van der Waals surface area contributed by atoms with Crippen molar-refractivity contribution in [2.75, 3.05) is 19.5 Å². The van der Waals surface area contributed by atoms with Crippen molar-refractivity contribution in [2.45, 2.75) is 19.4 Å². The fraction of sp³-hybridized carbons (Fsp3) is 0.278. The van der Waals surface area contributed by atoms with Crippen LogP contribution in [0.2, 0.25) is 5.02 Å². The summed E-state index contributed by atoms with van der Waals surface area (Å²) in [5.74, 6) is 1.39. The Bertz CT molecular complexity index is 758. The van der Waals surface area contributed by atoms with E-state index in [4.69, 9.17) is 33.3 Å². The summed E-state index contributed by atoms with van der Waals surface area (Å²) in [7, 11) is 3.24. The quantitative estimate of drug-likeness (QED) is 0.572. The van der Waals surface area contributed by atoms with E-state index in [2.05, 4.69) is 33.5 Å². The second-order valence-electron chi connectivity index (χ2n) is 5.30. The van der Waals surface area contributed by atoms with Crippen molar-refractivity contribution in [3.63, 3.8) is 0 Å². The van der Waals surface area contributed by atoms with Crippen LogP contribution in [0.25, 0.3) is 0 Å². The van der Waals surface area contributed by atoms with E-state index < -0.39 is 0 Å². The van der Waals surface area contributed by atoms with Gasteiger partial charge in [-0.15, -0.1) is 0 Å². The van der Waals surface area contributed by atoms with Crippen LogP contribution in [-0.2, 0) is 0 Å². The maximum absolute atomic E-state index is 6.11. The minimum absolute atomic E-state index is 0.0470. The van der Waals surface area contributed by atoms with E-state index in [1.54, 1.807) is 14.2 Å². The number of nitrogens with one attached hydrogen (secondary N) is 2. The van der Waals surface area contributed by atoms with Gasteiger partial charge in [-0.05, 0) is 70.5 Å². The lowest BCUT2D eigenvalue weighted by molar-refractivity contribution is 0.354. The molecule has 0 radical (unpaired) electrons. The first-order chi connectivity index (χ1) is 12.0. The number of ether oxygens (including phenoxy) is 2. The van der Waals surface area contributed by atoms with E-state index in [0.29, 0.717) is 21.6 Å². The average Bonchev–Trinajstić information content (AvgIpc) is 2.62. The van der Waals surface area contributed by atoms with Crippen molar-refractivity contribution in [3.8, 4) is 11.5 Å². The third-order valence-electron chi connectivity index (χ3n) is 3.70. The molecular weight excluding hydrogens is 424 g/mol. The Kier molecular flexibility index (Phi) is 7.35. The Hall–Kier alpha value is -1.50. The van der Waals surface area contributed by atoms with Crippen LogP contribution in [0.15, 0.2) is 40.9 Å². The van der Waals surface area contributed by atoms with Gasteiger partial charge in [-0.25, -0.2) is 0 Å². The molecule has 0 aromatic heterocycles. The molecule has 0 aliphatic carbocycles. The maximum Gasteiger partial charge on any atom is 0.171 e. The smallest absolute Gasteiger partial charge is 0.171 e. The zero-order valence-corrected chi connectivity index (χ0v) is 17.4. The van der Waals surface area contributed by atoms with Gasteiger partial charge in [0.25, 0.3) is 0 Å². The van der Waals surface area contributed by atoms with Crippen molar-refractivity contribution in [2.24, 2.45) is 0 Å². The second kappa shape index (κ2) is 9.27. The van der Waals surface area contributed by atoms with Crippen molar-refractivity contribution >= 4 is 50.5 Å². The van der Waals surface area contributed by atoms with Crippen LogP contribution in [0.1, 0.15) is 24.9 Å². The molecular formula is C18H20BrClN2O2S. The molecule has 1 atom stereocenters. The first-order valence-electron chi connectivity index (χ1n) is 7.73. The summed E-state index contributed by atoms with van der Waals surface area (Å²) in [5, 5.41) is 7.63. The average molecular weight is 444 g/mol. The molecule has 2 N–H and O–H groups in total. The number of anilines is 1.